The summed E-state index contributed by atoms with van der Waals surface area (Å²) in [6.07, 6.45) is 0. The normalized spacial score (nSPS) is 10.3. The number of benzene rings is 2. The van der Waals surface area contributed by atoms with Gasteiger partial charge >= 0.3 is 0 Å². The van der Waals surface area contributed by atoms with Gasteiger partial charge in [0.2, 0.25) is 0 Å². The second-order valence-electron chi connectivity index (χ2n) is 3.83. The van der Waals surface area contributed by atoms with E-state index in [0.717, 1.165) is 16.9 Å². The molecule has 2 nitrogen and oxygen atoms in total. The molecule has 4 heteroatoms. The van der Waals surface area contributed by atoms with Crippen LogP contribution in [0.4, 0.5) is 21.5 Å². The monoisotopic (exact) mass is 250 g/mol. The van der Waals surface area contributed by atoms with E-state index in [4.69, 9.17) is 17.3 Å². The van der Waals surface area contributed by atoms with E-state index in [1.807, 2.05) is 25.1 Å². The first-order valence-electron chi connectivity index (χ1n) is 5.14. The van der Waals surface area contributed by atoms with Crippen LogP contribution in [-0.4, -0.2) is 0 Å². The molecule has 0 aliphatic carbocycles. The smallest absolute Gasteiger partial charge is 0.141 e. The fourth-order valence-corrected chi connectivity index (χ4v) is 1.68. The number of anilines is 3. The molecule has 2 rings (SSSR count). The molecule has 0 atom stereocenters. The minimum absolute atomic E-state index is 0.0940. The number of nitrogens with two attached hydrogens (primary N) is 1. The zero-order valence-electron chi connectivity index (χ0n) is 9.30. The lowest BCUT2D eigenvalue weighted by molar-refractivity contribution is 0.628. The van der Waals surface area contributed by atoms with Crippen molar-refractivity contribution in [3.63, 3.8) is 0 Å². The number of halogens is 2. The zero-order chi connectivity index (χ0) is 12.4. The Morgan fingerprint density at radius 2 is 1.94 bits per heavy atom. The maximum atomic E-state index is 13.0. The Labute approximate surface area is 104 Å². The molecule has 0 fully saturated rings. The maximum Gasteiger partial charge on any atom is 0.141 e. The van der Waals surface area contributed by atoms with E-state index in [-0.39, 0.29) is 5.02 Å². The minimum Gasteiger partial charge on any atom is -0.399 e. The highest BCUT2D eigenvalue weighted by Crippen LogP contribution is 2.25. The molecule has 3 N–H and O–H groups in total. The van der Waals surface area contributed by atoms with Crippen LogP contribution in [0.2, 0.25) is 5.02 Å². The van der Waals surface area contributed by atoms with Gasteiger partial charge in [0.25, 0.3) is 0 Å². The Balaban J connectivity index is 2.31. The van der Waals surface area contributed by atoms with Crippen molar-refractivity contribution in [3.8, 4) is 0 Å². The molecule has 0 spiro atoms. The lowest BCUT2D eigenvalue weighted by Crippen LogP contribution is -1.95. The molecule has 0 saturated heterocycles. The van der Waals surface area contributed by atoms with Gasteiger partial charge in [-0.3, -0.25) is 0 Å². The summed E-state index contributed by atoms with van der Waals surface area (Å²) in [7, 11) is 0. The van der Waals surface area contributed by atoms with E-state index in [1.165, 1.54) is 6.07 Å². The third kappa shape index (κ3) is 2.68. The van der Waals surface area contributed by atoms with Gasteiger partial charge in [-0.15, -0.1) is 0 Å². The summed E-state index contributed by atoms with van der Waals surface area (Å²) in [5.41, 5.74) is 9.05. The quantitative estimate of drug-likeness (QED) is 0.787. The van der Waals surface area contributed by atoms with Crippen molar-refractivity contribution in [2.24, 2.45) is 0 Å². The topological polar surface area (TPSA) is 38.0 Å². The molecule has 2 aromatic carbocycles. The minimum atomic E-state index is -0.429. The summed E-state index contributed by atoms with van der Waals surface area (Å²) in [6, 6.07) is 10.1. The van der Waals surface area contributed by atoms with Crippen LogP contribution in [-0.2, 0) is 0 Å². The Morgan fingerprint density at radius 3 is 2.65 bits per heavy atom. The van der Waals surface area contributed by atoms with E-state index in [2.05, 4.69) is 5.32 Å². The third-order valence-electron chi connectivity index (χ3n) is 2.46. The van der Waals surface area contributed by atoms with Crippen LogP contribution in [0, 0.1) is 12.7 Å². The fourth-order valence-electron chi connectivity index (χ4n) is 1.50. The second kappa shape index (κ2) is 4.63. The van der Waals surface area contributed by atoms with Gasteiger partial charge in [0.05, 0.1) is 5.02 Å². The van der Waals surface area contributed by atoms with Crippen LogP contribution in [0.1, 0.15) is 5.56 Å². The molecule has 0 unspecified atom stereocenters. The first-order chi connectivity index (χ1) is 8.06. The van der Waals surface area contributed by atoms with Crippen LogP contribution in [0.5, 0.6) is 0 Å². The lowest BCUT2D eigenvalue weighted by atomic mass is 10.1. The number of nitrogens with one attached hydrogen (secondary N) is 1. The molecule has 0 aromatic heterocycles. The van der Waals surface area contributed by atoms with E-state index in [9.17, 15) is 4.39 Å². The van der Waals surface area contributed by atoms with Crippen LogP contribution in [0.15, 0.2) is 36.4 Å². The van der Waals surface area contributed by atoms with Gasteiger partial charge in [-0.1, -0.05) is 17.7 Å². The summed E-state index contributed by atoms with van der Waals surface area (Å²) in [5, 5.41) is 3.24. The molecule has 0 radical (unpaired) electrons. The Hall–Kier alpha value is -1.74. The van der Waals surface area contributed by atoms with Crippen LogP contribution >= 0.6 is 11.6 Å². The Bertz CT molecular complexity index is 555. The Morgan fingerprint density at radius 1 is 1.18 bits per heavy atom. The summed E-state index contributed by atoms with van der Waals surface area (Å²) < 4.78 is 13.0. The van der Waals surface area contributed by atoms with Crippen molar-refractivity contribution in [1.29, 1.82) is 0 Å². The highest BCUT2D eigenvalue weighted by atomic mass is 35.5. The second-order valence-corrected chi connectivity index (χ2v) is 4.24. The molecule has 0 saturated carbocycles. The number of aryl methyl sites for hydroxylation is 1. The lowest BCUT2D eigenvalue weighted by Gasteiger charge is -2.10. The standard InChI is InChI=1S/C13H12ClFN2/c1-8-2-3-9(16)6-13(8)17-10-4-5-12(15)11(14)7-10/h2-7,17H,16H2,1H3. The summed E-state index contributed by atoms with van der Waals surface area (Å²) >= 11 is 5.71. The van der Waals surface area contributed by atoms with Crippen molar-refractivity contribution >= 4 is 28.7 Å². The van der Waals surface area contributed by atoms with Crippen molar-refractivity contribution in [2.45, 2.75) is 6.92 Å². The molecule has 17 heavy (non-hydrogen) atoms. The summed E-state index contributed by atoms with van der Waals surface area (Å²) in [4.78, 5) is 0. The first kappa shape index (κ1) is 11.7. The van der Waals surface area contributed by atoms with Crippen molar-refractivity contribution in [2.75, 3.05) is 11.1 Å². The highest BCUT2D eigenvalue weighted by Gasteiger charge is 2.03. The molecular weight excluding hydrogens is 239 g/mol. The molecule has 0 aliphatic heterocycles. The van der Waals surface area contributed by atoms with E-state index >= 15 is 0 Å². The third-order valence-corrected chi connectivity index (χ3v) is 2.75. The van der Waals surface area contributed by atoms with Gasteiger partial charge in [0.15, 0.2) is 0 Å². The summed E-state index contributed by atoms with van der Waals surface area (Å²) in [6.45, 7) is 1.97. The highest BCUT2D eigenvalue weighted by molar-refractivity contribution is 6.31. The predicted octanol–water partition coefficient (Wildman–Crippen LogP) is 4.11. The van der Waals surface area contributed by atoms with Gasteiger partial charge in [0, 0.05) is 17.1 Å². The first-order valence-corrected chi connectivity index (χ1v) is 5.52. The van der Waals surface area contributed by atoms with Crippen molar-refractivity contribution in [3.05, 3.63) is 52.8 Å². The number of rotatable bonds is 2. The largest absolute Gasteiger partial charge is 0.399 e. The van der Waals surface area contributed by atoms with Crippen LogP contribution in [0.25, 0.3) is 0 Å². The van der Waals surface area contributed by atoms with E-state index < -0.39 is 5.82 Å². The zero-order valence-corrected chi connectivity index (χ0v) is 10.1. The SMILES string of the molecule is Cc1ccc(N)cc1Nc1ccc(F)c(Cl)c1. The molecule has 0 bridgehead atoms. The van der Waals surface area contributed by atoms with Gasteiger partial charge in [-0.25, -0.2) is 4.39 Å². The van der Waals surface area contributed by atoms with E-state index in [1.54, 1.807) is 12.1 Å². The average Bonchev–Trinajstić information content (AvgIpc) is 2.29. The molecule has 2 aromatic rings. The summed E-state index contributed by atoms with van der Waals surface area (Å²) in [5.74, 6) is -0.429. The van der Waals surface area contributed by atoms with Gasteiger partial charge < -0.3 is 11.1 Å². The number of nitrogen functional groups attached to an aromatic ring is 1. The van der Waals surface area contributed by atoms with E-state index in [0.29, 0.717) is 5.69 Å². The molecule has 0 heterocycles. The maximum absolute atomic E-state index is 13.0. The molecule has 0 aliphatic rings. The molecule has 0 amide bonds. The van der Waals surface area contributed by atoms with Gasteiger partial charge in [-0.05, 0) is 42.8 Å². The number of hydrogen-bond acceptors (Lipinski definition) is 2. The van der Waals surface area contributed by atoms with Gasteiger partial charge in [-0.2, -0.15) is 0 Å². The van der Waals surface area contributed by atoms with Crippen LogP contribution < -0.4 is 11.1 Å². The Kier molecular flexibility index (Phi) is 3.20. The molecular formula is C13H12ClFN2. The average molecular weight is 251 g/mol. The van der Waals surface area contributed by atoms with Crippen molar-refractivity contribution in [1.82, 2.24) is 0 Å². The fraction of sp³-hybridized carbons (Fsp3) is 0.0769. The molecule has 88 valence electrons. The van der Waals surface area contributed by atoms with Gasteiger partial charge in [0.1, 0.15) is 5.82 Å². The van der Waals surface area contributed by atoms with Crippen LogP contribution in [0.3, 0.4) is 0 Å². The predicted molar refractivity (Wildman–Crippen MR) is 70.3 cm³/mol. The number of hydrogen-bond donors (Lipinski definition) is 2. The van der Waals surface area contributed by atoms with Crippen molar-refractivity contribution < 1.29 is 4.39 Å².